The second-order valence-electron chi connectivity index (χ2n) is 11.0. The third-order valence-electron chi connectivity index (χ3n) is 7.85. The van der Waals surface area contributed by atoms with Gasteiger partial charge in [0.1, 0.15) is 23.1 Å². The summed E-state index contributed by atoms with van der Waals surface area (Å²) in [6, 6.07) is 17.0. The number of halogens is 1. The highest BCUT2D eigenvalue weighted by atomic mass is 19.1. The van der Waals surface area contributed by atoms with Crippen LogP contribution < -0.4 is 9.80 Å². The maximum atomic E-state index is 14.0. The van der Waals surface area contributed by atoms with E-state index >= 15 is 0 Å². The molecular weight excluding hydrogens is 507 g/mol. The van der Waals surface area contributed by atoms with Crippen LogP contribution in [-0.4, -0.2) is 88.2 Å². The number of carbonyl (C=O) groups excluding carboxylic acids is 1. The molecule has 2 aliphatic heterocycles. The van der Waals surface area contributed by atoms with Crippen molar-refractivity contribution < 1.29 is 9.18 Å². The number of nitrogens with zero attached hydrogens (tertiary/aromatic N) is 8. The lowest BCUT2D eigenvalue weighted by Crippen LogP contribution is -2.55. The van der Waals surface area contributed by atoms with Gasteiger partial charge in [-0.05, 0) is 75.8 Å². The summed E-state index contributed by atoms with van der Waals surface area (Å²) in [4.78, 5) is 30.6. The van der Waals surface area contributed by atoms with E-state index in [1.807, 2.05) is 71.0 Å². The van der Waals surface area contributed by atoms with E-state index in [1.165, 1.54) is 6.07 Å². The maximum absolute atomic E-state index is 14.0. The van der Waals surface area contributed by atoms with E-state index in [1.54, 1.807) is 12.1 Å². The molecule has 1 amide bonds. The second kappa shape index (κ2) is 10.8. The molecule has 0 bridgehead atoms. The third kappa shape index (κ3) is 5.11. The van der Waals surface area contributed by atoms with Gasteiger partial charge in [0.05, 0.1) is 24.5 Å². The molecule has 4 aromatic rings. The molecule has 0 N–H and O–H groups in total. The summed E-state index contributed by atoms with van der Waals surface area (Å²) in [5, 5.41) is 4.98. The zero-order valence-corrected chi connectivity index (χ0v) is 23.2. The number of likely N-dealkylation sites (N-methyl/N-ethyl adjacent to an activating group) is 1. The van der Waals surface area contributed by atoms with Crippen molar-refractivity contribution in [1.29, 1.82) is 0 Å². The molecule has 40 heavy (non-hydrogen) atoms. The normalized spacial score (nSPS) is 19.7. The molecule has 2 aliphatic rings. The number of benzene rings is 1. The standard InChI is InChI=1S/C30H35FN8O/c1-21-19-36(15-16-37(21)30(40)20-35(2)3)28-11-5-9-24(33-28)26-18-32-27-12-13-29(34-39(26)27)38-14-6-10-25(38)22-7-4-8-23(31)17-22/h4-5,7-9,11-13,17-18,21,25H,6,10,14-16,19-20H2,1-3H3/t21-,25-/m1/s1. The predicted octanol–water partition coefficient (Wildman–Crippen LogP) is 3.87. The van der Waals surface area contributed by atoms with Crippen molar-refractivity contribution >= 4 is 23.2 Å². The van der Waals surface area contributed by atoms with Crippen LogP contribution in [0.4, 0.5) is 16.0 Å². The Kier molecular flexibility index (Phi) is 7.10. The first-order chi connectivity index (χ1) is 19.4. The summed E-state index contributed by atoms with van der Waals surface area (Å²) in [7, 11) is 3.83. The molecule has 9 nitrogen and oxygen atoms in total. The van der Waals surface area contributed by atoms with Gasteiger partial charge in [-0.25, -0.2) is 18.9 Å². The molecule has 10 heteroatoms. The van der Waals surface area contributed by atoms with Crippen molar-refractivity contribution in [2.24, 2.45) is 0 Å². The minimum Gasteiger partial charge on any atom is -0.353 e. The molecule has 208 valence electrons. The van der Waals surface area contributed by atoms with Gasteiger partial charge in [-0.3, -0.25) is 4.79 Å². The average molecular weight is 543 g/mol. The van der Waals surface area contributed by atoms with E-state index < -0.39 is 0 Å². The first-order valence-corrected chi connectivity index (χ1v) is 13.9. The van der Waals surface area contributed by atoms with Gasteiger partial charge in [0.15, 0.2) is 5.65 Å². The van der Waals surface area contributed by atoms with Gasteiger partial charge >= 0.3 is 0 Å². The zero-order valence-electron chi connectivity index (χ0n) is 23.2. The fraction of sp³-hybridized carbons (Fsp3) is 0.400. The number of hydrogen-bond acceptors (Lipinski definition) is 7. The van der Waals surface area contributed by atoms with Crippen LogP contribution >= 0.6 is 0 Å². The van der Waals surface area contributed by atoms with Crippen molar-refractivity contribution in [1.82, 2.24) is 29.4 Å². The highest BCUT2D eigenvalue weighted by molar-refractivity contribution is 5.79. The summed E-state index contributed by atoms with van der Waals surface area (Å²) in [5.41, 5.74) is 3.32. The highest BCUT2D eigenvalue weighted by Crippen LogP contribution is 2.36. The highest BCUT2D eigenvalue weighted by Gasteiger charge is 2.29. The summed E-state index contributed by atoms with van der Waals surface area (Å²) < 4.78 is 15.8. The number of anilines is 2. The number of imidazole rings is 1. The molecule has 2 atom stereocenters. The van der Waals surface area contributed by atoms with Gasteiger partial charge < -0.3 is 19.6 Å². The number of carbonyl (C=O) groups is 1. The lowest BCUT2D eigenvalue weighted by molar-refractivity contribution is -0.134. The number of piperazine rings is 1. The van der Waals surface area contributed by atoms with Gasteiger partial charge in [-0.2, -0.15) is 0 Å². The van der Waals surface area contributed by atoms with Gasteiger partial charge in [0, 0.05) is 32.2 Å². The number of rotatable bonds is 6. The summed E-state index contributed by atoms with van der Waals surface area (Å²) in [6.45, 7) is 5.49. The number of fused-ring (bicyclic) bond motifs is 1. The van der Waals surface area contributed by atoms with E-state index in [0.29, 0.717) is 13.1 Å². The molecule has 1 aromatic carbocycles. The second-order valence-corrected chi connectivity index (χ2v) is 11.0. The number of pyridine rings is 1. The lowest BCUT2D eigenvalue weighted by atomic mass is 10.0. The summed E-state index contributed by atoms with van der Waals surface area (Å²) in [5.74, 6) is 1.65. The molecule has 6 rings (SSSR count). The van der Waals surface area contributed by atoms with Gasteiger partial charge in [0.25, 0.3) is 0 Å². The van der Waals surface area contributed by atoms with E-state index in [9.17, 15) is 9.18 Å². The van der Waals surface area contributed by atoms with Gasteiger partial charge in [0.2, 0.25) is 5.91 Å². The fourth-order valence-electron chi connectivity index (χ4n) is 5.93. The Balaban J connectivity index is 1.25. The molecule has 2 fully saturated rings. The Labute approximate surface area is 233 Å². The minimum atomic E-state index is -0.216. The Morgan fingerprint density at radius 3 is 2.70 bits per heavy atom. The number of amides is 1. The lowest BCUT2D eigenvalue weighted by Gasteiger charge is -2.40. The summed E-state index contributed by atoms with van der Waals surface area (Å²) in [6.07, 6.45) is 3.79. The van der Waals surface area contributed by atoms with Crippen molar-refractivity contribution in [3.8, 4) is 11.4 Å². The van der Waals surface area contributed by atoms with Gasteiger partial charge in [-0.1, -0.05) is 18.2 Å². The van der Waals surface area contributed by atoms with Gasteiger partial charge in [-0.15, -0.1) is 5.10 Å². The predicted molar refractivity (Wildman–Crippen MR) is 154 cm³/mol. The van der Waals surface area contributed by atoms with Crippen LogP contribution in [0.5, 0.6) is 0 Å². The topological polar surface area (TPSA) is 73.1 Å². The van der Waals surface area contributed by atoms with Crippen molar-refractivity contribution in [3.63, 3.8) is 0 Å². The van der Waals surface area contributed by atoms with E-state index in [0.717, 1.165) is 66.7 Å². The van der Waals surface area contributed by atoms with Crippen LogP contribution in [0.15, 0.2) is 60.8 Å². The van der Waals surface area contributed by atoms with Crippen LogP contribution in [0.2, 0.25) is 0 Å². The Hall–Kier alpha value is -4.05. The van der Waals surface area contributed by atoms with Crippen LogP contribution in [-0.2, 0) is 4.79 Å². The molecular formula is C30H35FN8O. The third-order valence-corrected chi connectivity index (χ3v) is 7.85. The van der Waals surface area contributed by atoms with Crippen LogP contribution in [0.3, 0.4) is 0 Å². The molecule has 0 saturated carbocycles. The average Bonchev–Trinajstić information content (AvgIpc) is 3.60. The summed E-state index contributed by atoms with van der Waals surface area (Å²) >= 11 is 0. The molecule has 0 spiro atoms. The zero-order chi connectivity index (χ0) is 27.8. The van der Waals surface area contributed by atoms with Crippen molar-refractivity contribution in [2.75, 3.05) is 56.6 Å². The Bertz CT molecular complexity index is 1520. The fourth-order valence-corrected chi connectivity index (χ4v) is 5.93. The molecule has 0 radical (unpaired) electrons. The first-order valence-electron chi connectivity index (χ1n) is 13.9. The van der Waals surface area contributed by atoms with Crippen molar-refractivity contribution in [3.05, 3.63) is 72.2 Å². The molecule has 2 saturated heterocycles. The Morgan fingerprint density at radius 2 is 1.90 bits per heavy atom. The van der Waals surface area contributed by atoms with E-state index in [2.05, 4.69) is 21.7 Å². The van der Waals surface area contributed by atoms with E-state index in [-0.39, 0.29) is 23.8 Å². The van der Waals surface area contributed by atoms with Crippen LogP contribution in [0, 0.1) is 5.82 Å². The largest absolute Gasteiger partial charge is 0.353 e. The maximum Gasteiger partial charge on any atom is 0.237 e. The Morgan fingerprint density at radius 1 is 1.05 bits per heavy atom. The number of aromatic nitrogens is 4. The first kappa shape index (κ1) is 26.2. The van der Waals surface area contributed by atoms with Crippen LogP contribution in [0.25, 0.3) is 17.0 Å². The minimum absolute atomic E-state index is 0.0827. The van der Waals surface area contributed by atoms with Crippen LogP contribution in [0.1, 0.15) is 31.4 Å². The quantitative estimate of drug-likeness (QED) is 0.366. The monoisotopic (exact) mass is 542 g/mol. The van der Waals surface area contributed by atoms with E-state index in [4.69, 9.17) is 10.1 Å². The molecule has 0 unspecified atom stereocenters. The molecule has 3 aromatic heterocycles. The number of hydrogen-bond donors (Lipinski definition) is 0. The molecule has 0 aliphatic carbocycles. The molecule has 5 heterocycles. The van der Waals surface area contributed by atoms with Crippen molar-refractivity contribution in [2.45, 2.75) is 31.8 Å². The SMILES string of the molecule is C[C@@H]1CN(c2cccc(-c3cnc4ccc(N5CCC[C@@H]5c5cccc(F)c5)nn34)n2)CCN1C(=O)CN(C)C. The smallest absolute Gasteiger partial charge is 0.237 e.